The minimum absolute atomic E-state index is 0.0803. The Hall–Kier alpha value is -2.63. The minimum atomic E-state index is -0.785. The quantitative estimate of drug-likeness (QED) is 0.0261. The number of ether oxygens (including phenoxy) is 3. The third kappa shape index (κ3) is 60.1. The van der Waals surface area contributed by atoms with Gasteiger partial charge in [0.2, 0.25) is 0 Å². The fraction of sp³-hybridized carbons (Fsp3) is 0.836. The first kappa shape index (κ1) is 70.4. The van der Waals surface area contributed by atoms with Crippen molar-refractivity contribution in [2.45, 2.75) is 348 Å². The molecule has 0 spiro atoms. The van der Waals surface area contributed by atoms with Crippen molar-refractivity contribution in [3.63, 3.8) is 0 Å². The van der Waals surface area contributed by atoms with Crippen LogP contribution in [0.25, 0.3) is 0 Å². The molecule has 0 radical (unpaired) electrons. The molecule has 0 N–H and O–H groups in total. The maximum Gasteiger partial charge on any atom is 0.306 e. The molecule has 0 aliphatic carbocycles. The fourth-order valence-corrected chi connectivity index (χ4v) is 9.43. The topological polar surface area (TPSA) is 78.9 Å². The number of hydrogen-bond acceptors (Lipinski definition) is 6. The van der Waals surface area contributed by atoms with Gasteiger partial charge in [0.05, 0.1) is 0 Å². The number of esters is 3. The highest BCUT2D eigenvalue weighted by Crippen LogP contribution is 2.18. The molecule has 0 fully saturated rings. The van der Waals surface area contributed by atoms with Crippen molar-refractivity contribution < 1.29 is 28.6 Å². The van der Waals surface area contributed by atoms with Crippen LogP contribution in [0.2, 0.25) is 0 Å². The molecule has 0 aromatic carbocycles. The second-order valence-electron chi connectivity index (χ2n) is 21.7. The molecule has 6 heteroatoms. The molecule has 1 atom stereocenters. The number of carbonyl (C=O) groups is 3. The van der Waals surface area contributed by atoms with Crippen molar-refractivity contribution in [1.82, 2.24) is 0 Å². The lowest BCUT2D eigenvalue weighted by molar-refractivity contribution is -0.167. The average Bonchev–Trinajstić information content (AvgIpc) is 3.39. The summed E-state index contributed by atoms with van der Waals surface area (Å²) >= 11 is 0. The van der Waals surface area contributed by atoms with E-state index >= 15 is 0 Å². The molecule has 0 rings (SSSR count). The molecule has 6 nitrogen and oxygen atoms in total. The van der Waals surface area contributed by atoms with Crippen LogP contribution in [0.4, 0.5) is 0 Å². The maximum atomic E-state index is 12.9. The lowest BCUT2D eigenvalue weighted by atomic mass is 10.0. The lowest BCUT2D eigenvalue weighted by Crippen LogP contribution is -2.30. The molecule has 0 aromatic rings. The zero-order valence-electron chi connectivity index (χ0n) is 48.9. The fourth-order valence-electron chi connectivity index (χ4n) is 9.43. The van der Waals surface area contributed by atoms with Gasteiger partial charge in [-0.2, -0.15) is 0 Å². The van der Waals surface area contributed by atoms with Crippen LogP contribution in [0.3, 0.4) is 0 Å². The molecule has 1 unspecified atom stereocenters. The average molecular weight is 1020 g/mol. The van der Waals surface area contributed by atoms with E-state index in [2.05, 4.69) is 69.4 Å². The highest BCUT2D eigenvalue weighted by Gasteiger charge is 2.19. The van der Waals surface area contributed by atoms with Crippen molar-refractivity contribution in [1.29, 1.82) is 0 Å². The van der Waals surface area contributed by atoms with E-state index in [0.717, 1.165) is 103 Å². The van der Waals surface area contributed by atoms with Gasteiger partial charge in [-0.1, -0.05) is 294 Å². The molecule has 73 heavy (non-hydrogen) atoms. The van der Waals surface area contributed by atoms with Gasteiger partial charge in [0, 0.05) is 19.3 Å². The smallest absolute Gasteiger partial charge is 0.306 e. The Kier molecular flexibility index (Phi) is 59.7. The first-order chi connectivity index (χ1) is 36.0. The molecular weight excluding hydrogens is 901 g/mol. The van der Waals surface area contributed by atoms with Crippen LogP contribution in [-0.4, -0.2) is 37.2 Å². The van der Waals surface area contributed by atoms with Gasteiger partial charge in [0.15, 0.2) is 6.10 Å². The Morgan fingerprint density at radius 2 is 0.507 bits per heavy atom. The molecule has 0 saturated carbocycles. The molecule has 0 aliphatic heterocycles. The minimum Gasteiger partial charge on any atom is -0.462 e. The first-order valence-corrected chi connectivity index (χ1v) is 32.1. The maximum absolute atomic E-state index is 12.9. The van der Waals surface area contributed by atoms with Gasteiger partial charge in [-0.3, -0.25) is 14.4 Å². The van der Waals surface area contributed by atoms with Gasteiger partial charge in [0.1, 0.15) is 13.2 Å². The van der Waals surface area contributed by atoms with E-state index in [1.165, 1.54) is 199 Å². The van der Waals surface area contributed by atoms with Gasteiger partial charge >= 0.3 is 17.9 Å². The van der Waals surface area contributed by atoms with Crippen molar-refractivity contribution in [2.75, 3.05) is 13.2 Å². The summed E-state index contributed by atoms with van der Waals surface area (Å²) in [6, 6.07) is 0. The van der Waals surface area contributed by atoms with Crippen molar-refractivity contribution in [3.8, 4) is 0 Å². The summed E-state index contributed by atoms with van der Waals surface area (Å²) in [5, 5.41) is 0. The number of hydrogen-bond donors (Lipinski definition) is 0. The van der Waals surface area contributed by atoms with Crippen LogP contribution in [0.1, 0.15) is 342 Å². The summed E-state index contributed by atoms with van der Waals surface area (Å²) in [6.45, 7) is 6.60. The van der Waals surface area contributed by atoms with Crippen molar-refractivity contribution >= 4 is 17.9 Å². The molecule has 426 valence electrons. The Labute approximate surface area is 454 Å². The standard InChI is InChI=1S/C67H122O6/c1-4-7-10-13-16-19-22-25-28-29-30-31-32-33-34-35-36-37-38-40-42-45-48-51-54-57-60-66(69)72-63-64(62-71-65(68)59-56-53-50-47-44-41-27-24-21-18-15-12-9-6-3)73-67(70)61-58-55-52-49-46-43-39-26-23-20-17-14-11-8-5-2/h15,17-18,20,24,26-27,39,64H,4-14,16,19,21-23,25,28-38,40-63H2,1-3H3/b18-15-,20-17-,27-24-,39-26-. The zero-order chi connectivity index (χ0) is 52.9. The van der Waals surface area contributed by atoms with E-state index < -0.39 is 6.10 Å². The highest BCUT2D eigenvalue weighted by molar-refractivity contribution is 5.71. The van der Waals surface area contributed by atoms with Crippen LogP contribution in [0.5, 0.6) is 0 Å². The van der Waals surface area contributed by atoms with Gasteiger partial charge in [0.25, 0.3) is 0 Å². The molecule has 0 heterocycles. The summed E-state index contributed by atoms with van der Waals surface area (Å²) in [5.74, 6) is -0.891. The second kappa shape index (κ2) is 61.9. The predicted octanol–water partition coefficient (Wildman–Crippen LogP) is 21.8. The summed E-state index contributed by atoms with van der Waals surface area (Å²) in [7, 11) is 0. The van der Waals surface area contributed by atoms with Gasteiger partial charge in [-0.05, 0) is 77.0 Å². The Bertz CT molecular complexity index is 1270. The second-order valence-corrected chi connectivity index (χ2v) is 21.7. The van der Waals surface area contributed by atoms with Crippen LogP contribution < -0.4 is 0 Å². The number of allylic oxidation sites excluding steroid dienone is 8. The normalized spacial score (nSPS) is 12.3. The number of unbranched alkanes of at least 4 members (excludes halogenated alkanes) is 40. The third-order valence-corrected chi connectivity index (χ3v) is 14.3. The summed E-state index contributed by atoms with van der Waals surface area (Å²) in [6.07, 6.45) is 77.0. The third-order valence-electron chi connectivity index (χ3n) is 14.3. The molecule has 0 aromatic heterocycles. The lowest BCUT2D eigenvalue weighted by Gasteiger charge is -2.18. The van der Waals surface area contributed by atoms with Crippen LogP contribution in [-0.2, 0) is 28.6 Å². The van der Waals surface area contributed by atoms with E-state index in [-0.39, 0.29) is 31.1 Å². The first-order valence-electron chi connectivity index (χ1n) is 32.1. The molecule has 0 bridgehead atoms. The largest absolute Gasteiger partial charge is 0.462 e. The van der Waals surface area contributed by atoms with E-state index in [1.807, 2.05) is 0 Å². The molecule has 0 saturated heterocycles. The highest BCUT2D eigenvalue weighted by atomic mass is 16.6. The Morgan fingerprint density at radius 1 is 0.274 bits per heavy atom. The SMILES string of the molecule is CCCC/C=C\C/C=C\CCCCCCCC(=O)OCC(COC(=O)CCCCCCCCCCCCCCCCCCCCCCCCCCCC)OC(=O)CCCCCCC/C=C\C/C=C\CCCCC. The van der Waals surface area contributed by atoms with Crippen molar-refractivity contribution in [3.05, 3.63) is 48.6 Å². The number of rotatable bonds is 59. The Morgan fingerprint density at radius 3 is 0.822 bits per heavy atom. The van der Waals surface area contributed by atoms with E-state index in [4.69, 9.17) is 14.2 Å². The van der Waals surface area contributed by atoms with Gasteiger partial charge < -0.3 is 14.2 Å². The summed E-state index contributed by atoms with van der Waals surface area (Å²) in [5.41, 5.74) is 0. The monoisotopic (exact) mass is 1020 g/mol. The van der Waals surface area contributed by atoms with Crippen LogP contribution >= 0.6 is 0 Å². The molecular formula is C67H122O6. The van der Waals surface area contributed by atoms with Crippen LogP contribution in [0.15, 0.2) is 48.6 Å². The number of carbonyl (C=O) groups excluding carboxylic acids is 3. The Balaban J connectivity index is 4.23. The van der Waals surface area contributed by atoms with E-state index in [9.17, 15) is 14.4 Å². The zero-order valence-corrected chi connectivity index (χ0v) is 48.9. The predicted molar refractivity (Wildman–Crippen MR) is 316 cm³/mol. The van der Waals surface area contributed by atoms with E-state index in [0.29, 0.717) is 19.3 Å². The molecule has 0 amide bonds. The van der Waals surface area contributed by atoms with Crippen molar-refractivity contribution in [2.24, 2.45) is 0 Å². The van der Waals surface area contributed by atoms with E-state index in [1.54, 1.807) is 0 Å². The summed E-state index contributed by atoms with van der Waals surface area (Å²) < 4.78 is 16.9. The van der Waals surface area contributed by atoms with Crippen LogP contribution in [0, 0.1) is 0 Å². The summed E-state index contributed by atoms with van der Waals surface area (Å²) in [4.78, 5) is 38.2. The van der Waals surface area contributed by atoms with Gasteiger partial charge in [-0.15, -0.1) is 0 Å². The molecule has 0 aliphatic rings. The van der Waals surface area contributed by atoms with Gasteiger partial charge in [-0.25, -0.2) is 0 Å².